The zero-order chi connectivity index (χ0) is 31.3. The molecule has 3 fully saturated rings. The van der Waals surface area contributed by atoms with Crippen LogP contribution in [0.25, 0.3) is 32.9 Å². The molecule has 2 aromatic heterocycles. The summed E-state index contributed by atoms with van der Waals surface area (Å²) in [5.41, 5.74) is 0.102. The highest BCUT2D eigenvalue weighted by Gasteiger charge is 2.49. The molecule has 0 radical (unpaired) electrons. The standard InChI is InChI=1S/C33H36F3N5O4/c1-3-23-26(35)6-5-19-11-21(42)12-24(27(19)23)29-28(36)30-25(14-37-29)31(40-9-10-44-17-22(16-40)43-2)39-32(38-30)45-18-33-7-4-8-41(33)15-20(34)13-33/h5-6,11-12,14,20,22,42H,3-4,7-10,13,15-18H2,1-2H3/t20-,22+,33+/m1/s1. The van der Waals surface area contributed by atoms with Crippen LogP contribution in [0, 0.1) is 11.6 Å². The van der Waals surface area contributed by atoms with E-state index < -0.39 is 23.3 Å². The summed E-state index contributed by atoms with van der Waals surface area (Å²) in [6, 6.07) is 5.79. The molecule has 9 nitrogen and oxygen atoms in total. The van der Waals surface area contributed by atoms with E-state index in [9.17, 15) is 13.9 Å². The molecule has 7 rings (SSSR count). The van der Waals surface area contributed by atoms with E-state index in [4.69, 9.17) is 19.2 Å². The second-order valence-electron chi connectivity index (χ2n) is 12.2. The van der Waals surface area contributed by atoms with Gasteiger partial charge in [-0.05, 0) is 60.3 Å². The molecule has 2 aromatic carbocycles. The van der Waals surface area contributed by atoms with Gasteiger partial charge in [-0.25, -0.2) is 13.2 Å². The highest BCUT2D eigenvalue weighted by molar-refractivity contribution is 6.01. The van der Waals surface area contributed by atoms with Crippen LogP contribution in [0.3, 0.4) is 0 Å². The number of anilines is 1. The Hall–Kier alpha value is -3.74. The maximum atomic E-state index is 16.8. The van der Waals surface area contributed by atoms with Crippen molar-refractivity contribution in [2.24, 2.45) is 0 Å². The third-order valence-corrected chi connectivity index (χ3v) is 9.50. The fourth-order valence-electron chi connectivity index (χ4n) is 7.31. The first-order chi connectivity index (χ1) is 21.8. The van der Waals surface area contributed by atoms with Gasteiger partial charge in [0.05, 0.1) is 30.2 Å². The van der Waals surface area contributed by atoms with Crippen LogP contribution in [-0.2, 0) is 15.9 Å². The molecule has 0 spiro atoms. The van der Waals surface area contributed by atoms with E-state index in [1.54, 1.807) is 13.2 Å². The molecule has 1 N–H and O–H groups in total. The van der Waals surface area contributed by atoms with Gasteiger partial charge in [-0.2, -0.15) is 9.97 Å². The Morgan fingerprint density at radius 1 is 1.16 bits per heavy atom. The lowest BCUT2D eigenvalue weighted by atomic mass is 9.94. The van der Waals surface area contributed by atoms with E-state index >= 15 is 4.39 Å². The normalized spacial score (nSPS) is 24.0. The lowest BCUT2D eigenvalue weighted by Crippen LogP contribution is -2.43. The predicted octanol–water partition coefficient (Wildman–Crippen LogP) is 5.20. The molecule has 5 heterocycles. The fourth-order valence-corrected chi connectivity index (χ4v) is 7.31. The van der Waals surface area contributed by atoms with Gasteiger partial charge in [0.1, 0.15) is 41.4 Å². The Kier molecular flexibility index (Phi) is 7.91. The number of halogens is 3. The number of fused-ring (bicyclic) bond motifs is 3. The first kappa shape index (κ1) is 29.9. The number of rotatable bonds is 7. The number of hydrogen-bond donors (Lipinski definition) is 1. The Labute approximate surface area is 258 Å². The summed E-state index contributed by atoms with van der Waals surface area (Å²) in [7, 11) is 1.61. The van der Waals surface area contributed by atoms with Crippen LogP contribution in [0.2, 0.25) is 0 Å². The molecule has 3 aliphatic rings. The first-order valence-corrected chi connectivity index (χ1v) is 15.5. The molecule has 238 valence electrons. The van der Waals surface area contributed by atoms with Gasteiger partial charge in [-0.1, -0.05) is 13.0 Å². The summed E-state index contributed by atoms with van der Waals surface area (Å²) >= 11 is 0. The van der Waals surface area contributed by atoms with Gasteiger partial charge in [-0.15, -0.1) is 0 Å². The summed E-state index contributed by atoms with van der Waals surface area (Å²) in [5.74, 6) is -0.855. The second-order valence-corrected chi connectivity index (χ2v) is 12.2. The summed E-state index contributed by atoms with van der Waals surface area (Å²) in [6.07, 6.45) is 2.82. The zero-order valence-corrected chi connectivity index (χ0v) is 25.4. The summed E-state index contributed by atoms with van der Waals surface area (Å²) < 4.78 is 63.7. The molecular weight excluding hydrogens is 587 g/mol. The number of aromatic hydroxyl groups is 1. The average Bonchev–Trinajstić information content (AvgIpc) is 3.44. The van der Waals surface area contributed by atoms with Gasteiger partial charge in [0.2, 0.25) is 0 Å². The Morgan fingerprint density at radius 2 is 2.02 bits per heavy atom. The van der Waals surface area contributed by atoms with Crippen molar-refractivity contribution in [3.63, 3.8) is 0 Å². The molecule has 0 aliphatic carbocycles. The van der Waals surface area contributed by atoms with Gasteiger partial charge in [0, 0.05) is 44.9 Å². The Bertz CT molecular complexity index is 1760. The van der Waals surface area contributed by atoms with E-state index in [0.29, 0.717) is 73.2 Å². The molecule has 3 atom stereocenters. The van der Waals surface area contributed by atoms with Crippen molar-refractivity contribution in [2.45, 2.75) is 50.4 Å². The van der Waals surface area contributed by atoms with Crippen molar-refractivity contribution in [3.8, 4) is 23.0 Å². The summed E-state index contributed by atoms with van der Waals surface area (Å²) in [4.78, 5) is 17.9. The molecule has 0 amide bonds. The summed E-state index contributed by atoms with van der Waals surface area (Å²) in [6.45, 7) is 4.89. The zero-order valence-electron chi connectivity index (χ0n) is 25.4. The first-order valence-electron chi connectivity index (χ1n) is 15.5. The maximum Gasteiger partial charge on any atom is 0.319 e. The average molecular weight is 624 g/mol. The number of ether oxygens (including phenoxy) is 3. The van der Waals surface area contributed by atoms with E-state index in [-0.39, 0.29) is 41.2 Å². The quantitative estimate of drug-likeness (QED) is 0.298. The van der Waals surface area contributed by atoms with Gasteiger partial charge in [-0.3, -0.25) is 9.88 Å². The lowest BCUT2D eigenvalue weighted by Gasteiger charge is -2.31. The molecular formula is C33H36F3N5O4. The van der Waals surface area contributed by atoms with Gasteiger partial charge < -0.3 is 24.2 Å². The predicted molar refractivity (Wildman–Crippen MR) is 164 cm³/mol. The van der Waals surface area contributed by atoms with Gasteiger partial charge in [0.25, 0.3) is 0 Å². The number of phenols is 1. The minimum absolute atomic E-state index is 0.0272. The van der Waals surface area contributed by atoms with Crippen LogP contribution in [0.15, 0.2) is 30.5 Å². The van der Waals surface area contributed by atoms with Crippen LogP contribution in [-0.4, -0.2) is 95.9 Å². The smallest absolute Gasteiger partial charge is 0.319 e. The third-order valence-electron chi connectivity index (χ3n) is 9.50. The van der Waals surface area contributed by atoms with Gasteiger partial charge >= 0.3 is 6.01 Å². The van der Waals surface area contributed by atoms with Crippen molar-refractivity contribution in [1.29, 1.82) is 0 Å². The number of alkyl halides is 1. The minimum atomic E-state index is -0.925. The number of aryl methyl sites for hydroxylation is 1. The van der Waals surface area contributed by atoms with Crippen molar-refractivity contribution in [3.05, 3.63) is 47.7 Å². The SMILES string of the molecule is CCc1c(F)ccc2cc(O)cc(-c3ncc4c(N5CCOC[C@@H](OC)C5)nc(OC[C@@]56CCCN5C[C@H](F)C6)nc4c3F)c12. The van der Waals surface area contributed by atoms with E-state index in [1.165, 1.54) is 24.4 Å². The molecule has 0 saturated carbocycles. The van der Waals surface area contributed by atoms with E-state index in [2.05, 4.69) is 14.9 Å². The molecule has 0 bridgehead atoms. The van der Waals surface area contributed by atoms with Crippen LogP contribution < -0.4 is 9.64 Å². The van der Waals surface area contributed by atoms with Crippen molar-refractivity contribution >= 4 is 27.5 Å². The number of hydrogen-bond acceptors (Lipinski definition) is 9. The minimum Gasteiger partial charge on any atom is -0.508 e. The monoisotopic (exact) mass is 623 g/mol. The highest BCUT2D eigenvalue weighted by Crippen LogP contribution is 2.42. The molecule has 12 heteroatoms. The van der Waals surface area contributed by atoms with Crippen LogP contribution >= 0.6 is 0 Å². The Balaban J connectivity index is 1.38. The number of phenolic OH excluding ortho intramolecular Hbond substituents is 1. The topological polar surface area (TPSA) is 93.1 Å². The van der Waals surface area contributed by atoms with E-state index in [0.717, 1.165) is 19.4 Å². The fraction of sp³-hybridized carbons (Fsp3) is 0.485. The van der Waals surface area contributed by atoms with Crippen molar-refractivity contribution in [1.82, 2.24) is 19.9 Å². The van der Waals surface area contributed by atoms with Crippen LogP contribution in [0.5, 0.6) is 11.8 Å². The number of benzene rings is 2. The molecule has 0 unspecified atom stereocenters. The molecule has 4 aromatic rings. The summed E-state index contributed by atoms with van der Waals surface area (Å²) in [5, 5.41) is 12.0. The van der Waals surface area contributed by atoms with Gasteiger partial charge in [0.15, 0.2) is 5.82 Å². The van der Waals surface area contributed by atoms with Crippen molar-refractivity contribution < 1.29 is 32.5 Å². The highest BCUT2D eigenvalue weighted by atomic mass is 19.1. The lowest BCUT2D eigenvalue weighted by molar-refractivity contribution is 0.0286. The Morgan fingerprint density at radius 3 is 2.84 bits per heavy atom. The van der Waals surface area contributed by atoms with Crippen LogP contribution in [0.4, 0.5) is 19.0 Å². The van der Waals surface area contributed by atoms with Crippen LogP contribution in [0.1, 0.15) is 31.7 Å². The number of aromatic nitrogens is 3. The number of methoxy groups -OCH3 is 1. The third kappa shape index (κ3) is 5.32. The number of nitrogens with zero attached hydrogens (tertiary/aromatic N) is 5. The maximum absolute atomic E-state index is 16.8. The second kappa shape index (κ2) is 11.9. The van der Waals surface area contributed by atoms with Crippen molar-refractivity contribution in [2.75, 3.05) is 58.0 Å². The molecule has 45 heavy (non-hydrogen) atoms. The largest absolute Gasteiger partial charge is 0.508 e. The molecule has 3 saturated heterocycles. The van der Waals surface area contributed by atoms with E-state index in [1.807, 2.05) is 11.8 Å². The molecule has 3 aliphatic heterocycles. The number of pyridine rings is 1.